The highest BCUT2D eigenvalue weighted by molar-refractivity contribution is 5.94. The van der Waals surface area contributed by atoms with E-state index in [2.05, 4.69) is 42.6 Å². The second-order valence-corrected chi connectivity index (χ2v) is 8.00. The number of carbonyl (C=O) groups is 1. The molecule has 1 saturated heterocycles. The van der Waals surface area contributed by atoms with Crippen LogP contribution in [0, 0.1) is 0 Å². The number of likely N-dealkylation sites (N-methyl/N-ethyl adjacent to an activating group) is 1. The minimum atomic E-state index is 0.0279. The van der Waals surface area contributed by atoms with Crippen molar-refractivity contribution in [2.45, 2.75) is 31.7 Å². The van der Waals surface area contributed by atoms with E-state index in [9.17, 15) is 4.79 Å². The largest absolute Gasteiger partial charge is 0.381 e. The number of guanidine groups is 1. The van der Waals surface area contributed by atoms with Crippen molar-refractivity contribution in [2.75, 3.05) is 61.0 Å². The van der Waals surface area contributed by atoms with Crippen LogP contribution in [-0.4, -0.2) is 88.2 Å². The smallest absolute Gasteiger partial charge is 0.253 e. The van der Waals surface area contributed by atoms with E-state index in [0.29, 0.717) is 0 Å². The molecule has 162 valence electrons. The van der Waals surface area contributed by atoms with Gasteiger partial charge in [-0.3, -0.25) is 9.79 Å². The van der Waals surface area contributed by atoms with Crippen molar-refractivity contribution in [1.29, 1.82) is 0 Å². The van der Waals surface area contributed by atoms with Crippen LogP contribution in [0.3, 0.4) is 0 Å². The van der Waals surface area contributed by atoms with Crippen LogP contribution in [0.4, 0.5) is 0 Å². The molecule has 1 heterocycles. The van der Waals surface area contributed by atoms with Crippen LogP contribution in [0.25, 0.3) is 0 Å². The molecule has 0 aromatic heterocycles. The molecule has 1 amide bonds. The molecule has 2 rings (SSSR count). The Morgan fingerprint density at radius 2 is 1.90 bits per heavy atom. The zero-order valence-electron chi connectivity index (χ0n) is 18.6. The van der Waals surface area contributed by atoms with Crippen molar-refractivity contribution in [3.63, 3.8) is 0 Å². The predicted octanol–water partition coefficient (Wildman–Crippen LogP) is 1.60. The van der Waals surface area contributed by atoms with E-state index in [0.717, 1.165) is 69.2 Å². The third kappa shape index (κ3) is 6.72. The molecule has 0 spiro atoms. The number of ether oxygens (including phenoxy) is 1. The van der Waals surface area contributed by atoms with E-state index in [1.807, 2.05) is 18.2 Å². The predicted molar refractivity (Wildman–Crippen MR) is 119 cm³/mol. The molecule has 0 radical (unpaired) electrons. The maximum absolute atomic E-state index is 12.2. The summed E-state index contributed by atoms with van der Waals surface area (Å²) in [6.07, 6.45) is 2.82. The SMILES string of the molecule is CCNC(=NCC1(N(C)C)CCOCC1)NCCc1cccc(C(=O)N(C)C)c1. The second kappa shape index (κ2) is 11.2. The molecular weight excluding hydrogens is 366 g/mol. The van der Waals surface area contributed by atoms with Gasteiger partial charge in [0, 0.05) is 51.5 Å². The zero-order valence-corrected chi connectivity index (χ0v) is 18.6. The second-order valence-electron chi connectivity index (χ2n) is 8.00. The van der Waals surface area contributed by atoms with Gasteiger partial charge in [-0.05, 0) is 58.0 Å². The molecule has 0 aliphatic carbocycles. The van der Waals surface area contributed by atoms with Gasteiger partial charge in [-0.2, -0.15) is 0 Å². The monoisotopic (exact) mass is 403 g/mol. The summed E-state index contributed by atoms with van der Waals surface area (Å²) in [4.78, 5) is 20.9. The quantitative estimate of drug-likeness (QED) is 0.510. The van der Waals surface area contributed by atoms with E-state index >= 15 is 0 Å². The Hall–Kier alpha value is -2.12. The summed E-state index contributed by atoms with van der Waals surface area (Å²) in [5, 5.41) is 6.77. The first-order valence-electron chi connectivity index (χ1n) is 10.5. The van der Waals surface area contributed by atoms with Gasteiger partial charge >= 0.3 is 0 Å². The van der Waals surface area contributed by atoms with Gasteiger partial charge in [0.25, 0.3) is 5.91 Å². The van der Waals surface area contributed by atoms with Crippen LogP contribution in [0.5, 0.6) is 0 Å². The Labute approximate surface area is 175 Å². The number of aliphatic imine (C=N–C) groups is 1. The Balaban J connectivity index is 1.96. The number of rotatable bonds is 8. The highest BCUT2D eigenvalue weighted by Gasteiger charge is 2.34. The normalized spacial score (nSPS) is 16.6. The summed E-state index contributed by atoms with van der Waals surface area (Å²) in [7, 11) is 7.80. The van der Waals surface area contributed by atoms with E-state index in [1.165, 1.54) is 0 Å². The molecule has 0 saturated carbocycles. The van der Waals surface area contributed by atoms with Crippen molar-refractivity contribution >= 4 is 11.9 Å². The molecule has 1 aliphatic heterocycles. The third-order valence-corrected chi connectivity index (χ3v) is 5.53. The maximum atomic E-state index is 12.2. The van der Waals surface area contributed by atoms with Crippen LogP contribution in [0.1, 0.15) is 35.7 Å². The van der Waals surface area contributed by atoms with Crippen LogP contribution < -0.4 is 10.6 Å². The Morgan fingerprint density at radius 3 is 2.52 bits per heavy atom. The minimum absolute atomic E-state index is 0.0279. The molecular formula is C22H37N5O2. The summed E-state index contributed by atoms with van der Waals surface area (Å²) in [5.74, 6) is 0.862. The lowest BCUT2D eigenvalue weighted by atomic mass is 9.89. The topological polar surface area (TPSA) is 69.2 Å². The lowest BCUT2D eigenvalue weighted by Gasteiger charge is -2.41. The van der Waals surface area contributed by atoms with Crippen molar-refractivity contribution in [3.05, 3.63) is 35.4 Å². The van der Waals surface area contributed by atoms with Crippen LogP contribution in [0.15, 0.2) is 29.3 Å². The highest BCUT2D eigenvalue weighted by atomic mass is 16.5. The van der Waals surface area contributed by atoms with Gasteiger partial charge in [-0.15, -0.1) is 0 Å². The van der Waals surface area contributed by atoms with Gasteiger partial charge in [-0.1, -0.05) is 12.1 Å². The fraction of sp³-hybridized carbons (Fsp3) is 0.636. The summed E-state index contributed by atoms with van der Waals surface area (Å²) in [6, 6.07) is 7.83. The van der Waals surface area contributed by atoms with Gasteiger partial charge in [0.15, 0.2) is 5.96 Å². The van der Waals surface area contributed by atoms with Crippen molar-refractivity contribution in [1.82, 2.24) is 20.4 Å². The van der Waals surface area contributed by atoms with E-state index in [-0.39, 0.29) is 11.4 Å². The Kier molecular flexibility index (Phi) is 8.92. The molecule has 1 aliphatic rings. The zero-order chi connectivity index (χ0) is 21.3. The average Bonchev–Trinajstić information content (AvgIpc) is 2.72. The number of nitrogens with zero attached hydrogens (tertiary/aromatic N) is 3. The van der Waals surface area contributed by atoms with E-state index in [1.54, 1.807) is 19.0 Å². The van der Waals surface area contributed by atoms with Crippen molar-refractivity contribution in [2.24, 2.45) is 4.99 Å². The molecule has 7 heteroatoms. The molecule has 2 N–H and O–H groups in total. The van der Waals surface area contributed by atoms with E-state index in [4.69, 9.17) is 9.73 Å². The molecule has 1 aromatic carbocycles. The maximum Gasteiger partial charge on any atom is 0.253 e. The fourth-order valence-electron chi connectivity index (χ4n) is 3.51. The van der Waals surface area contributed by atoms with Gasteiger partial charge in [0.1, 0.15) is 0 Å². The highest BCUT2D eigenvalue weighted by Crippen LogP contribution is 2.26. The van der Waals surface area contributed by atoms with E-state index < -0.39 is 0 Å². The number of hydrogen-bond acceptors (Lipinski definition) is 4. The third-order valence-electron chi connectivity index (χ3n) is 5.53. The van der Waals surface area contributed by atoms with Gasteiger partial charge in [0.05, 0.1) is 6.54 Å². The van der Waals surface area contributed by atoms with Crippen LogP contribution in [0.2, 0.25) is 0 Å². The molecule has 7 nitrogen and oxygen atoms in total. The number of amides is 1. The lowest BCUT2D eigenvalue weighted by molar-refractivity contribution is -0.00254. The summed E-state index contributed by atoms with van der Waals surface area (Å²) < 4.78 is 5.55. The molecule has 0 unspecified atom stereocenters. The van der Waals surface area contributed by atoms with Gasteiger partial charge in [-0.25, -0.2) is 0 Å². The first-order chi connectivity index (χ1) is 13.9. The number of carbonyl (C=O) groups excluding carboxylic acids is 1. The minimum Gasteiger partial charge on any atom is -0.381 e. The van der Waals surface area contributed by atoms with Crippen molar-refractivity contribution < 1.29 is 9.53 Å². The number of hydrogen-bond donors (Lipinski definition) is 2. The molecule has 0 bridgehead atoms. The molecule has 1 aromatic rings. The average molecular weight is 404 g/mol. The lowest BCUT2D eigenvalue weighted by Crippen LogP contribution is -2.51. The fourth-order valence-corrected chi connectivity index (χ4v) is 3.51. The summed E-state index contributed by atoms with van der Waals surface area (Å²) in [5.41, 5.74) is 1.91. The first-order valence-corrected chi connectivity index (χ1v) is 10.5. The van der Waals surface area contributed by atoms with Gasteiger partial charge in [0.2, 0.25) is 0 Å². The molecule has 0 atom stereocenters. The number of nitrogens with one attached hydrogen (secondary N) is 2. The summed E-state index contributed by atoms with van der Waals surface area (Å²) >= 11 is 0. The number of benzene rings is 1. The standard InChI is InChI=1S/C22H37N5O2/c1-6-23-21(25-17-22(27(4)5)11-14-29-15-12-22)24-13-10-18-8-7-9-19(16-18)20(28)26(2)3/h7-9,16H,6,10-15,17H2,1-5H3,(H2,23,24,25). The Morgan fingerprint density at radius 1 is 1.17 bits per heavy atom. The van der Waals surface area contributed by atoms with Crippen LogP contribution >= 0.6 is 0 Å². The van der Waals surface area contributed by atoms with Gasteiger partial charge < -0.3 is 25.2 Å². The Bertz CT molecular complexity index is 682. The summed E-state index contributed by atoms with van der Waals surface area (Å²) in [6.45, 7) is 5.97. The molecule has 29 heavy (non-hydrogen) atoms. The van der Waals surface area contributed by atoms with Crippen LogP contribution in [-0.2, 0) is 11.2 Å². The molecule has 1 fully saturated rings. The first kappa shape index (κ1) is 23.2. The van der Waals surface area contributed by atoms with Crippen molar-refractivity contribution in [3.8, 4) is 0 Å².